The van der Waals surface area contributed by atoms with Crippen molar-refractivity contribution in [3.8, 4) is 0 Å². The predicted molar refractivity (Wildman–Crippen MR) is 95.5 cm³/mol. The SMILES string of the molecule is CCOCC[O][Al-]([O]CCOCC)([O]CCOCC)[O]CCOCC.[Na+]. The van der Waals surface area contributed by atoms with Gasteiger partial charge < -0.3 is 34.1 Å². The molecule has 0 aromatic rings. The molecule has 0 aromatic carbocycles. The molecule has 0 saturated heterocycles. The fourth-order valence-electron chi connectivity index (χ4n) is 1.87. The third kappa shape index (κ3) is 17.3. The first-order chi connectivity index (χ1) is 12.2. The Labute approximate surface area is 184 Å². The zero-order chi connectivity index (χ0) is 18.6. The van der Waals surface area contributed by atoms with Crippen molar-refractivity contribution in [1.29, 1.82) is 0 Å². The second kappa shape index (κ2) is 22.5. The number of hydrogen-bond acceptors (Lipinski definition) is 8. The van der Waals surface area contributed by atoms with Gasteiger partial charge in [0.15, 0.2) is 0 Å². The van der Waals surface area contributed by atoms with E-state index in [-0.39, 0.29) is 29.6 Å². The quantitative estimate of drug-likeness (QED) is 0.181. The Morgan fingerprint density at radius 2 is 0.654 bits per heavy atom. The smallest absolute Gasteiger partial charge is 0.585 e. The van der Waals surface area contributed by atoms with Crippen molar-refractivity contribution >= 4 is 14.4 Å². The maximum absolute atomic E-state index is 5.88. The van der Waals surface area contributed by atoms with Gasteiger partial charge >= 0.3 is 44.0 Å². The summed E-state index contributed by atoms with van der Waals surface area (Å²) in [6.45, 7) is 13.4. The monoisotopic (exact) mass is 406 g/mol. The molecular weight excluding hydrogens is 370 g/mol. The number of rotatable bonds is 20. The van der Waals surface area contributed by atoms with Crippen LogP contribution < -0.4 is 29.6 Å². The summed E-state index contributed by atoms with van der Waals surface area (Å²) in [5.41, 5.74) is 0. The van der Waals surface area contributed by atoms with Gasteiger partial charge in [-0.25, -0.2) is 0 Å². The van der Waals surface area contributed by atoms with Gasteiger partial charge in [-0.15, -0.1) is 0 Å². The number of ether oxygens (including phenoxy) is 4. The summed E-state index contributed by atoms with van der Waals surface area (Å²) in [5, 5.41) is 0. The minimum Gasteiger partial charge on any atom is -0.585 e. The summed E-state index contributed by atoms with van der Waals surface area (Å²) in [6, 6.07) is 0. The van der Waals surface area contributed by atoms with Gasteiger partial charge in [-0.3, -0.25) is 0 Å². The van der Waals surface area contributed by atoms with E-state index in [2.05, 4.69) is 0 Å². The minimum atomic E-state index is -3.65. The number of hydrogen-bond donors (Lipinski definition) is 0. The first kappa shape index (κ1) is 29.4. The molecule has 0 unspecified atom stereocenters. The molecule has 0 spiro atoms. The molecule has 0 aliphatic rings. The van der Waals surface area contributed by atoms with Gasteiger partial charge in [-0.2, -0.15) is 0 Å². The van der Waals surface area contributed by atoms with Crippen LogP contribution >= 0.6 is 0 Å². The molecule has 10 heteroatoms. The van der Waals surface area contributed by atoms with Gasteiger partial charge in [0.05, 0.1) is 26.4 Å². The van der Waals surface area contributed by atoms with Crippen LogP contribution in [0.15, 0.2) is 0 Å². The summed E-state index contributed by atoms with van der Waals surface area (Å²) < 4.78 is 44.8. The van der Waals surface area contributed by atoms with Crippen LogP contribution in [-0.4, -0.2) is 93.7 Å². The van der Waals surface area contributed by atoms with E-state index in [4.69, 9.17) is 34.1 Å². The Bertz CT molecular complexity index is 223. The van der Waals surface area contributed by atoms with Crippen LogP contribution in [0.25, 0.3) is 0 Å². The molecule has 0 aliphatic heterocycles. The van der Waals surface area contributed by atoms with Crippen LogP contribution in [-0.2, 0) is 34.1 Å². The van der Waals surface area contributed by atoms with E-state index in [9.17, 15) is 0 Å². The molecule has 0 rings (SSSR count). The van der Waals surface area contributed by atoms with Gasteiger partial charge in [0.25, 0.3) is 0 Å². The second-order valence-corrected chi connectivity index (χ2v) is 7.34. The third-order valence-electron chi connectivity index (χ3n) is 3.02. The second-order valence-electron chi connectivity index (χ2n) is 4.85. The van der Waals surface area contributed by atoms with Crippen molar-refractivity contribution in [1.82, 2.24) is 0 Å². The molecule has 8 nitrogen and oxygen atoms in total. The molecule has 0 N–H and O–H groups in total. The zero-order valence-corrected chi connectivity index (χ0v) is 20.5. The molecule has 0 aromatic heterocycles. The van der Waals surface area contributed by atoms with Crippen LogP contribution in [0.4, 0.5) is 0 Å². The molecule has 0 saturated carbocycles. The van der Waals surface area contributed by atoms with E-state index < -0.39 is 14.4 Å². The third-order valence-corrected chi connectivity index (χ3v) is 5.59. The summed E-state index contributed by atoms with van der Waals surface area (Å²) in [7, 11) is 0. The van der Waals surface area contributed by atoms with Crippen molar-refractivity contribution in [2.45, 2.75) is 27.7 Å². The molecule has 0 fully saturated rings. The van der Waals surface area contributed by atoms with Crippen LogP contribution in [0.2, 0.25) is 0 Å². The molecule has 0 bridgehead atoms. The summed E-state index contributed by atoms with van der Waals surface area (Å²) in [4.78, 5) is 0. The molecule has 0 atom stereocenters. The van der Waals surface area contributed by atoms with E-state index in [0.29, 0.717) is 79.3 Å². The topological polar surface area (TPSA) is 73.8 Å². The van der Waals surface area contributed by atoms with E-state index in [0.717, 1.165) is 0 Å². The molecule has 0 radical (unpaired) electrons. The van der Waals surface area contributed by atoms with Gasteiger partial charge in [-0.1, -0.05) is 0 Å². The summed E-state index contributed by atoms with van der Waals surface area (Å²) in [6.07, 6.45) is 0. The standard InChI is InChI=1S/4C4H9O2.Al.Na/c4*1-2-6-4-3-5;;/h4*2-4H2,1H3;;/q4*-1;+3;+1. The Morgan fingerprint density at radius 1 is 0.423 bits per heavy atom. The normalized spacial score (nSPS) is 11.5. The van der Waals surface area contributed by atoms with Crippen molar-refractivity contribution in [3.63, 3.8) is 0 Å². The summed E-state index contributed by atoms with van der Waals surface area (Å²) >= 11 is -3.65. The molecule has 0 amide bonds. The minimum absolute atomic E-state index is 0. The van der Waals surface area contributed by atoms with Gasteiger partial charge in [0, 0.05) is 52.9 Å². The van der Waals surface area contributed by atoms with Crippen LogP contribution in [0, 0.1) is 0 Å². The molecule has 152 valence electrons. The zero-order valence-electron chi connectivity index (χ0n) is 17.3. The maximum Gasteiger partial charge on any atom is 1.00 e. The van der Waals surface area contributed by atoms with Crippen LogP contribution in [0.5, 0.6) is 0 Å². The molecular formula is C16H36AlNaO8. The van der Waals surface area contributed by atoms with E-state index in [1.165, 1.54) is 0 Å². The Kier molecular flexibility index (Phi) is 25.5. The van der Waals surface area contributed by atoms with Gasteiger partial charge in [0.2, 0.25) is 0 Å². The van der Waals surface area contributed by atoms with Crippen LogP contribution in [0.1, 0.15) is 27.7 Å². The van der Waals surface area contributed by atoms with E-state index in [1.54, 1.807) is 0 Å². The maximum atomic E-state index is 5.88. The van der Waals surface area contributed by atoms with Gasteiger partial charge in [0.1, 0.15) is 0 Å². The molecule has 26 heavy (non-hydrogen) atoms. The Balaban J connectivity index is 0. The molecule has 0 heterocycles. The fraction of sp³-hybridized carbons (Fsp3) is 1.00. The van der Waals surface area contributed by atoms with Gasteiger partial charge in [-0.05, 0) is 27.7 Å². The first-order valence-electron chi connectivity index (χ1n) is 9.24. The van der Waals surface area contributed by atoms with Crippen molar-refractivity contribution in [2.75, 3.05) is 79.3 Å². The average molecular weight is 406 g/mol. The summed E-state index contributed by atoms with van der Waals surface area (Å²) in [5.74, 6) is 0. The Hall–Kier alpha value is 1.21. The van der Waals surface area contributed by atoms with Crippen LogP contribution in [0.3, 0.4) is 0 Å². The fourth-order valence-corrected chi connectivity index (χ4v) is 3.99. The van der Waals surface area contributed by atoms with E-state index >= 15 is 0 Å². The first-order valence-corrected chi connectivity index (χ1v) is 11.1. The van der Waals surface area contributed by atoms with Crippen molar-refractivity contribution in [3.05, 3.63) is 0 Å². The van der Waals surface area contributed by atoms with E-state index in [1.807, 2.05) is 27.7 Å². The Morgan fingerprint density at radius 3 is 0.846 bits per heavy atom. The van der Waals surface area contributed by atoms with Crippen molar-refractivity contribution in [2.24, 2.45) is 0 Å². The predicted octanol–water partition coefficient (Wildman–Crippen LogP) is -1.36. The average Bonchev–Trinajstić information content (AvgIpc) is 2.63. The molecule has 0 aliphatic carbocycles. The van der Waals surface area contributed by atoms with Crippen molar-refractivity contribution < 1.29 is 63.7 Å². The largest absolute Gasteiger partial charge is 1.00 e.